The molecule has 0 bridgehead atoms. The van der Waals surface area contributed by atoms with Crippen molar-refractivity contribution in [3.63, 3.8) is 0 Å². The van der Waals surface area contributed by atoms with Gasteiger partial charge in [-0.2, -0.15) is 5.10 Å². The van der Waals surface area contributed by atoms with Crippen molar-refractivity contribution < 1.29 is 0 Å². The van der Waals surface area contributed by atoms with E-state index in [-0.39, 0.29) is 0 Å². The standard InChI is InChI=1S/C8H15N3/c1-4-8-9-6-10-11(8)5-7(2)3/h6-7H,4-5H2,1-3H3. The minimum atomic E-state index is 0.641. The largest absolute Gasteiger partial charge is 0.250 e. The summed E-state index contributed by atoms with van der Waals surface area (Å²) in [4.78, 5) is 4.14. The average Bonchev–Trinajstić information content (AvgIpc) is 2.34. The van der Waals surface area contributed by atoms with Gasteiger partial charge < -0.3 is 0 Å². The molecule has 1 aromatic rings. The van der Waals surface area contributed by atoms with Crippen molar-refractivity contribution >= 4 is 0 Å². The highest BCUT2D eigenvalue weighted by Gasteiger charge is 2.02. The first-order valence-electron chi connectivity index (χ1n) is 4.10. The first kappa shape index (κ1) is 8.24. The molecule has 11 heavy (non-hydrogen) atoms. The van der Waals surface area contributed by atoms with Crippen LogP contribution in [0.5, 0.6) is 0 Å². The fourth-order valence-electron chi connectivity index (χ4n) is 1.06. The van der Waals surface area contributed by atoms with Gasteiger partial charge in [-0.1, -0.05) is 20.8 Å². The highest BCUT2D eigenvalue weighted by atomic mass is 15.3. The van der Waals surface area contributed by atoms with Crippen LogP contribution in [0.4, 0.5) is 0 Å². The van der Waals surface area contributed by atoms with Crippen LogP contribution in [-0.4, -0.2) is 14.8 Å². The molecule has 1 aromatic heterocycles. The molecule has 0 spiro atoms. The van der Waals surface area contributed by atoms with E-state index in [1.165, 1.54) is 0 Å². The third kappa shape index (κ3) is 2.03. The minimum Gasteiger partial charge on any atom is -0.250 e. The van der Waals surface area contributed by atoms with Crippen molar-refractivity contribution in [1.29, 1.82) is 0 Å². The fraction of sp³-hybridized carbons (Fsp3) is 0.750. The van der Waals surface area contributed by atoms with Crippen LogP contribution in [0.15, 0.2) is 6.33 Å². The minimum absolute atomic E-state index is 0.641. The molecule has 1 heterocycles. The summed E-state index contributed by atoms with van der Waals surface area (Å²) in [5.74, 6) is 1.72. The van der Waals surface area contributed by atoms with E-state index < -0.39 is 0 Å². The Morgan fingerprint density at radius 3 is 2.82 bits per heavy atom. The van der Waals surface area contributed by atoms with Crippen LogP contribution in [0, 0.1) is 5.92 Å². The highest BCUT2D eigenvalue weighted by molar-refractivity contribution is 4.82. The molecule has 0 radical (unpaired) electrons. The molecular formula is C8H15N3. The van der Waals surface area contributed by atoms with Crippen LogP contribution in [0.1, 0.15) is 26.6 Å². The summed E-state index contributed by atoms with van der Waals surface area (Å²) in [5, 5.41) is 4.13. The molecule has 0 fully saturated rings. The van der Waals surface area contributed by atoms with Gasteiger partial charge in [0.15, 0.2) is 0 Å². The Morgan fingerprint density at radius 2 is 2.27 bits per heavy atom. The van der Waals surface area contributed by atoms with Crippen molar-refractivity contribution in [3.8, 4) is 0 Å². The van der Waals surface area contributed by atoms with Crippen molar-refractivity contribution in [2.24, 2.45) is 5.92 Å². The van der Waals surface area contributed by atoms with Gasteiger partial charge in [0.2, 0.25) is 0 Å². The normalized spacial score (nSPS) is 10.9. The lowest BCUT2D eigenvalue weighted by molar-refractivity contribution is 0.467. The third-order valence-electron chi connectivity index (χ3n) is 1.55. The van der Waals surface area contributed by atoms with Crippen molar-refractivity contribution in [2.45, 2.75) is 33.7 Å². The topological polar surface area (TPSA) is 30.7 Å². The van der Waals surface area contributed by atoms with Gasteiger partial charge in [-0.05, 0) is 5.92 Å². The molecule has 0 aliphatic rings. The lowest BCUT2D eigenvalue weighted by Crippen LogP contribution is -2.09. The molecule has 0 saturated heterocycles. The van der Waals surface area contributed by atoms with E-state index in [1.54, 1.807) is 6.33 Å². The summed E-state index contributed by atoms with van der Waals surface area (Å²) < 4.78 is 1.98. The van der Waals surface area contributed by atoms with Gasteiger partial charge in [0, 0.05) is 13.0 Å². The lowest BCUT2D eigenvalue weighted by atomic mass is 10.2. The molecule has 0 saturated carbocycles. The SMILES string of the molecule is CCc1ncnn1CC(C)C. The molecular weight excluding hydrogens is 138 g/mol. The number of rotatable bonds is 3. The molecule has 0 atom stereocenters. The molecule has 1 rings (SSSR count). The highest BCUT2D eigenvalue weighted by Crippen LogP contribution is 2.00. The monoisotopic (exact) mass is 153 g/mol. The second-order valence-electron chi connectivity index (χ2n) is 3.11. The Hall–Kier alpha value is -0.860. The van der Waals surface area contributed by atoms with Crippen LogP contribution in [0.25, 0.3) is 0 Å². The van der Waals surface area contributed by atoms with Crippen molar-refractivity contribution in [1.82, 2.24) is 14.8 Å². The van der Waals surface area contributed by atoms with E-state index in [9.17, 15) is 0 Å². The number of hydrogen-bond acceptors (Lipinski definition) is 2. The Balaban J connectivity index is 2.68. The number of aryl methyl sites for hydroxylation is 1. The first-order chi connectivity index (χ1) is 5.24. The zero-order valence-electron chi connectivity index (χ0n) is 7.41. The van der Waals surface area contributed by atoms with Crippen molar-refractivity contribution in [3.05, 3.63) is 12.2 Å². The molecule has 3 heteroatoms. The molecule has 0 N–H and O–H groups in total. The van der Waals surface area contributed by atoms with Gasteiger partial charge in [-0.25, -0.2) is 9.67 Å². The predicted octanol–water partition coefficient (Wildman–Crippen LogP) is 1.50. The summed E-state index contributed by atoms with van der Waals surface area (Å²) in [7, 11) is 0. The molecule has 0 aliphatic carbocycles. The number of aromatic nitrogens is 3. The van der Waals surface area contributed by atoms with Gasteiger partial charge in [0.05, 0.1) is 0 Å². The Morgan fingerprint density at radius 1 is 1.55 bits per heavy atom. The van der Waals surface area contributed by atoms with Crippen LogP contribution >= 0.6 is 0 Å². The maximum atomic E-state index is 4.14. The third-order valence-corrected chi connectivity index (χ3v) is 1.55. The summed E-state index contributed by atoms with van der Waals surface area (Å²) in [6.45, 7) is 7.44. The quantitative estimate of drug-likeness (QED) is 0.658. The number of nitrogens with zero attached hydrogens (tertiary/aromatic N) is 3. The van der Waals surface area contributed by atoms with Gasteiger partial charge in [0.1, 0.15) is 12.2 Å². The first-order valence-corrected chi connectivity index (χ1v) is 4.10. The van der Waals surface area contributed by atoms with E-state index in [0.717, 1.165) is 18.8 Å². The van der Waals surface area contributed by atoms with Gasteiger partial charge in [-0.3, -0.25) is 0 Å². The second kappa shape index (κ2) is 3.51. The zero-order chi connectivity index (χ0) is 8.27. The van der Waals surface area contributed by atoms with Gasteiger partial charge >= 0.3 is 0 Å². The van der Waals surface area contributed by atoms with E-state index in [0.29, 0.717) is 5.92 Å². The zero-order valence-corrected chi connectivity index (χ0v) is 7.41. The summed E-state index contributed by atoms with van der Waals surface area (Å²) in [5.41, 5.74) is 0. The molecule has 0 unspecified atom stereocenters. The van der Waals surface area contributed by atoms with E-state index in [2.05, 4.69) is 30.9 Å². The van der Waals surface area contributed by atoms with Crippen molar-refractivity contribution in [2.75, 3.05) is 0 Å². The van der Waals surface area contributed by atoms with Crippen LogP contribution < -0.4 is 0 Å². The Bertz CT molecular complexity index is 215. The predicted molar refractivity (Wildman–Crippen MR) is 44.2 cm³/mol. The summed E-state index contributed by atoms with van der Waals surface area (Å²) >= 11 is 0. The van der Waals surface area contributed by atoms with Crippen LogP contribution in [0.2, 0.25) is 0 Å². The average molecular weight is 153 g/mol. The van der Waals surface area contributed by atoms with E-state index in [1.807, 2.05) is 4.68 Å². The maximum absolute atomic E-state index is 4.14. The molecule has 0 aliphatic heterocycles. The van der Waals surface area contributed by atoms with Gasteiger partial charge in [0.25, 0.3) is 0 Å². The maximum Gasteiger partial charge on any atom is 0.138 e. The summed E-state index contributed by atoms with van der Waals surface area (Å²) in [6, 6.07) is 0. The van der Waals surface area contributed by atoms with Gasteiger partial charge in [-0.15, -0.1) is 0 Å². The second-order valence-corrected chi connectivity index (χ2v) is 3.11. The Labute approximate surface area is 67.4 Å². The van der Waals surface area contributed by atoms with Crippen LogP contribution in [0.3, 0.4) is 0 Å². The van der Waals surface area contributed by atoms with E-state index in [4.69, 9.17) is 0 Å². The molecule has 0 amide bonds. The van der Waals surface area contributed by atoms with Crippen LogP contribution in [-0.2, 0) is 13.0 Å². The molecule has 62 valence electrons. The molecule has 3 nitrogen and oxygen atoms in total. The Kier molecular flexibility index (Phi) is 2.63. The number of hydrogen-bond donors (Lipinski definition) is 0. The fourth-order valence-corrected chi connectivity index (χ4v) is 1.06. The lowest BCUT2D eigenvalue weighted by Gasteiger charge is -2.06. The summed E-state index contributed by atoms with van der Waals surface area (Å²) in [6.07, 6.45) is 2.59. The van der Waals surface area contributed by atoms with E-state index >= 15 is 0 Å². The smallest absolute Gasteiger partial charge is 0.138 e. The molecule has 0 aromatic carbocycles.